The van der Waals surface area contributed by atoms with Crippen molar-refractivity contribution in [1.82, 2.24) is 0 Å². The molecular formula is C72H140O17P2. The normalized spacial score (nSPS) is 14.2. The highest BCUT2D eigenvalue weighted by molar-refractivity contribution is 7.47. The van der Waals surface area contributed by atoms with Gasteiger partial charge in [0.15, 0.2) is 12.2 Å². The highest BCUT2D eigenvalue weighted by atomic mass is 31.2. The quantitative estimate of drug-likeness (QED) is 0.0222. The largest absolute Gasteiger partial charge is 0.472 e. The zero-order valence-electron chi connectivity index (χ0n) is 59.3. The number of aliphatic hydroxyl groups excluding tert-OH is 1. The van der Waals surface area contributed by atoms with Crippen LogP contribution in [-0.2, 0) is 65.4 Å². The molecule has 0 saturated carbocycles. The fourth-order valence-electron chi connectivity index (χ4n) is 10.9. The maximum absolute atomic E-state index is 13.0. The third-order valence-corrected chi connectivity index (χ3v) is 18.5. The molecule has 540 valence electrons. The van der Waals surface area contributed by atoms with Crippen molar-refractivity contribution in [3.05, 3.63) is 0 Å². The van der Waals surface area contributed by atoms with E-state index in [-0.39, 0.29) is 25.7 Å². The molecule has 0 rings (SSSR count). The van der Waals surface area contributed by atoms with Gasteiger partial charge in [-0.1, -0.05) is 312 Å². The second kappa shape index (κ2) is 62.8. The highest BCUT2D eigenvalue weighted by Gasteiger charge is 2.30. The molecule has 0 aliphatic heterocycles. The van der Waals surface area contributed by atoms with Crippen LogP contribution in [0, 0.1) is 17.8 Å². The van der Waals surface area contributed by atoms with Crippen LogP contribution in [0.15, 0.2) is 0 Å². The molecule has 0 spiro atoms. The molecule has 2 unspecified atom stereocenters. The number of hydrogen-bond acceptors (Lipinski definition) is 15. The van der Waals surface area contributed by atoms with Gasteiger partial charge in [-0.15, -0.1) is 0 Å². The van der Waals surface area contributed by atoms with Gasteiger partial charge >= 0.3 is 39.5 Å². The number of carbonyl (C=O) groups excluding carboxylic acids is 4. The number of rotatable bonds is 70. The van der Waals surface area contributed by atoms with Crippen molar-refractivity contribution in [3.8, 4) is 0 Å². The fraction of sp³-hybridized carbons (Fsp3) is 0.944. The fourth-order valence-corrected chi connectivity index (χ4v) is 12.5. The Bertz CT molecular complexity index is 1780. The number of hydrogen-bond donors (Lipinski definition) is 3. The van der Waals surface area contributed by atoms with Crippen LogP contribution in [0.4, 0.5) is 0 Å². The molecule has 0 heterocycles. The van der Waals surface area contributed by atoms with Gasteiger partial charge < -0.3 is 33.8 Å². The summed E-state index contributed by atoms with van der Waals surface area (Å²) in [6, 6.07) is 0. The first-order valence-corrected chi connectivity index (χ1v) is 40.3. The Hall–Kier alpha value is -1.94. The topological polar surface area (TPSA) is 237 Å². The number of aliphatic hydroxyl groups is 1. The van der Waals surface area contributed by atoms with Gasteiger partial charge in [-0.2, -0.15) is 0 Å². The van der Waals surface area contributed by atoms with E-state index in [1.165, 1.54) is 167 Å². The summed E-state index contributed by atoms with van der Waals surface area (Å²) in [5.74, 6) is 0.197. The predicted molar refractivity (Wildman–Crippen MR) is 368 cm³/mol. The average Bonchev–Trinajstić information content (AvgIpc) is 3.70. The highest BCUT2D eigenvalue weighted by Crippen LogP contribution is 2.45. The summed E-state index contributed by atoms with van der Waals surface area (Å²) in [6.45, 7) is 11.8. The van der Waals surface area contributed by atoms with Gasteiger partial charge in [0.05, 0.1) is 26.4 Å². The maximum atomic E-state index is 13.0. The smallest absolute Gasteiger partial charge is 0.462 e. The van der Waals surface area contributed by atoms with E-state index in [0.717, 1.165) is 114 Å². The Kier molecular flexibility index (Phi) is 61.5. The first kappa shape index (κ1) is 89.1. The van der Waals surface area contributed by atoms with E-state index < -0.39 is 97.5 Å². The number of ether oxygens (including phenoxy) is 4. The van der Waals surface area contributed by atoms with Crippen LogP contribution in [0.1, 0.15) is 363 Å². The number of phosphoric acid groups is 2. The van der Waals surface area contributed by atoms with Gasteiger partial charge in [-0.25, -0.2) is 9.13 Å². The molecule has 0 aliphatic rings. The summed E-state index contributed by atoms with van der Waals surface area (Å²) < 4.78 is 68.1. The lowest BCUT2D eigenvalue weighted by molar-refractivity contribution is -0.161. The molecule has 0 saturated heterocycles. The van der Waals surface area contributed by atoms with E-state index in [2.05, 4.69) is 48.5 Å². The third kappa shape index (κ3) is 66.5. The van der Waals surface area contributed by atoms with Crippen molar-refractivity contribution in [2.75, 3.05) is 39.6 Å². The van der Waals surface area contributed by atoms with Crippen molar-refractivity contribution in [1.29, 1.82) is 0 Å². The van der Waals surface area contributed by atoms with E-state index in [1.807, 2.05) is 0 Å². The van der Waals surface area contributed by atoms with Gasteiger partial charge in [0, 0.05) is 25.7 Å². The molecule has 17 nitrogen and oxygen atoms in total. The van der Waals surface area contributed by atoms with Gasteiger partial charge in [-0.05, 0) is 43.4 Å². The van der Waals surface area contributed by atoms with Gasteiger partial charge in [0.2, 0.25) is 0 Å². The molecule has 91 heavy (non-hydrogen) atoms. The van der Waals surface area contributed by atoms with Crippen LogP contribution in [0.2, 0.25) is 0 Å². The summed E-state index contributed by atoms with van der Waals surface area (Å²) in [6.07, 6.45) is 47.6. The van der Waals surface area contributed by atoms with E-state index in [4.69, 9.17) is 37.0 Å². The molecule has 0 aromatic heterocycles. The Labute approximate surface area is 556 Å². The molecule has 0 fully saturated rings. The van der Waals surface area contributed by atoms with Crippen LogP contribution in [0.25, 0.3) is 0 Å². The van der Waals surface area contributed by atoms with Crippen LogP contribution >= 0.6 is 15.6 Å². The summed E-state index contributed by atoms with van der Waals surface area (Å²) in [5.41, 5.74) is 0. The number of unbranched alkanes of at least 4 members (excludes halogenated alkanes) is 38. The minimum Gasteiger partial charge on any atom is -0.462 e. The average molecular weight is 1340 g/mol. The molecule has 0 bridgehead atoms. The lowest BCUT2D eigenvalue weighted by Gasteiger charge is -2.21. The summed E-state index contributed by atoms with van der Waals surface area (Å²) in [5, 5.41) is 10.6. The first-order chi connectivity index (χ1) is 43.7. The van der Waals surface area contributed by atoms with Crippen LogP contribution in [0.3, 0.4) is 0 Å². The third-order valence-electron chi connectivity index (χ3n) is 16.6. The lowest BCUT2D eigenvalue weighted by atomic mass is 10.0. The van der Waals surface area contributed by atoms with Crippen molar-refractivity contribution in [2.24, 2.45) is 17.8 Å². The maximum Gasteiger partial charge on any atom is 0.472 e. The molecule has 5 atom stereocenters. The van der Waals surface area contributed by atoms with Crippen molar-refractivity contribution < 1.29 is 80.2 Å². The molecular weight excluding hydrogens is 1200 g/mol. The van der Waals surface area contributed by atoms with Crippen LogP contribution in [0.5, 0.6) is 0 Å². The number of carbonyl (C=O) groups is 4. The van der Waals surface area contributed by atoms with E-state index in [9.17, 15) is 43.2 Å². The zero-order chi connectivity index (χ0) is 67.3. The Morgan fingerprint density at radius 3 is 0.747 bits per heavy atom. The standard InChI is InChI=1S/C72H140O17P2/c1-8-9-10-36-46-53-69(74)82-59-67(88-72(77)56-49-42-35-29-23-26-32-39-45-52-65(6)7)61-86-90(78,79)84-57-66(73)58-85-91(80,81)87-62-68(89-71(76)55-48-41-34-28-22-18-14-12-16-20-25-31-38-44-51-64(4)5)60-83-70(75)54-47-40-33-27-21-17-13-11-15-19-24-30-37-43-50-63(2)3/h63-68,73H,8-62H2,1-7H3,(H,78,79)(H,80,81)/t66-,67+,68+/m0/s1. The van der Waals surface area contributed by atoms with Crippen molar-refractivity contribution in [2.45, 2.75) is 381 Å². The predicted octanol–water partition coefficient (Wildman–Crippen LogP) is 20.6. The van der Waals surface area contributed by atoms with Crippen LogP contribution < -0.4 is 0 Å². The molecule has 0 amide bonds. The molecule has 0 aromatic carbocycles. The monoisotopic (exact) mass is 1340 g/mol. The zero-order valence-corrected chi connectivity index (χ0v) is 61.1. The second-order valence-electron chi connectivity index (χ2n) is 27.4. The summed E-state index contributed by atoms with van der Waals surface area (Å²) in [4.78, 5) is 72.4. The Balaban J connectivity index is 5.16. The van der Waals surface area contributed by atoms with Gasteiger partial charge in [0.1, 0.15) is 19.3 Å². The summed E-state index contributed by atoms with van der Waals surface area (Å²) >= 11 is 0. The second-order valence-corrected chi connectivity index (χ2v) is 30.3. The minimum atomic E-state index is -4.95. The Morgan fingerprint density at radius 1 is 0.297 bits per heavy atom. The van der Waals surface area contributed by atoms with Crippen molar-refractivity contribution >= 4 is 39.5 Å². The minimum absolute atomic E-state index is 0.104. The van der Waals surface area contributed by atoms with Gasteiger partial charge in [-0.3, -0.25) is 37.3 Å². The van der Waals surface area contributed by atoms with E-state index >= 15 is 0 Å². The summed E-state index contributed by atoms with van der Waals surface area (Å²) in [7, 11) is -9.90. The van der Waals surface area contributed by atoms with Crippen molar-refractivity contribution in [3.63, 3.8) is 0 Å². The molecule has 0 aromatic rings. The first-order valence-electron chi connectivity index (χ1n) is 37.3. The molecule has 0 aliphatic carbocycles. The van der Waals surface area contributed by atoms with E-state index in [1.54, 1.807) is 0 Å². The van der Waals surface area contributed by atoms with Crippen LogP contribution in [-0.4, -0.2) is 96.7 Å². The number of phosphoric ester groups is 2. The Morgan fingerprint density at radius 2 is 0.505 bits per heavy atom. The van der Waals surface area contributed by atoms with Gasteiger partial charge in [0.25, 0.3) is 0 Å². The lowest BCUT2D eigenvalue weighted by Crippen LogP contribution is -2.30. The SMILES string of the molecule is CCCCCCCC(=O)OC[C@H](COP(=O)(O)OC[C@H](O)COP(=O)(O)OC[C@@H](COC(=O)CCCCCCCCCCCCCCCCC(C)C)OC(=O)CCCCCCCCCCCCCCCCC(C)C)OC(=O)CCCCCCCCCCCC(C)C. The molecule has 19 heteroatoms. The number of esters is 4. The van der Waals surface area contributed by atoms with E-state index in [0.29, 0.717) is 25.7 Å². The molecule has 3 N–H and O–H groups in total. The molecule has 0 radical (unpaired) electrons.